The summed E-state index contributed by atoms with van der Waals surface area (Å²) in [5.41, 5.74) is 3.64. The number of nitrogens with zero attached hydrogens (tertiary/aromatic N) is 1. The van der Waals surface area contributed by atoms with Crippen LogP contribution in [0.2, 0.25) is 0 Å². The maximum Gasteiger partial charge on any atom is 0.253 e. The smallest absolute Gasteiger partial charge is 0.253 e. The fourth-order valence-corrected chi connectivity index (χ4v) is 3.45. The zero-order valence-corrected chi connectivity index (χ0v) is 17.2. The molecule has 0 aliphatic carbocycles. The van der Waals surface area contributed by atoms with Crippen LogP contribution in [0.25, 0.3) is 10.9 Å². The normalized spacial score (nSPS) is 11.0. The molecule has 0 aliphatic heterocycles. The van der Waals surface area contributed by atoms with Crippen LogP contribution in [-0.4, -0.2) is 35.3 Å². The van der Waals surface area contributed by atoms with Crippen molar-refractivity contribution in [1.82, 2.24) is 15.2 Å². The van der Waals surface area contributed by atoms with Crippen LogP contribution in [0.5, 0.6) is 0 Å². The van der Waals surface area contributed by atoms with Crippen LogP contribution in [0, 0.1) is 13.8 Å². The number of pyridine rings is 1. The quantitative estimate of drug-likeness (QED) is 0.469. The Hall–Kier alpha value is -2.64. The first-order valence-electron chi connectivity index (χ1n) is 9.15. The zero-order valence-electron chi connectivity index (χ0n) is 16.4. The van der Waals surface area contributed by atoms with Crippen molar-refractivity contribution in [1.29, 1.82) is 0 Å². The Morgan fingerprint density at radius 3 is 2.82 bits per heavy atom. The molecule has 2 N–H and O–H groups in total. The summed E-state index contributed by atoms with van der Waals surface area (Å²) < 4.78 is 10.5. The number of ether oxygens (including phenoxy) is 1. The molecule has 0 saturated heterocycles. The number of hydrogen-bond acceptors (Lipinski definition) is 4. The van der Waals surface area contributed by atoms with Crippen molar-refractivity contribution in [2.45, 2.75) is 26.9 Å². The van der Waals surface area contributed by atoms with Gasteiger partial charge in [0.05, 0.1) is 31.5 Å². The number of rotatable bonds is 7. The number of aromatic nitrogens is 1. The van der Waals surface area contributed by atoms with Gasteiger partial charge in [-0.2, -0.15) is 0 Å². The molecule has 2 aromatic heterocycles. The van der Waals surface area contributed by atoms with E-state index in [4.69, 9.17) is 21.4 Å². The second kappa shape index (κ2) is 9.03. The minimum Gasteiger partial charge on any atom is -0.467 e. The van der Waals surface area contributed by atoms with Crippen molar-refractivity contribution in [3.63, 3.8) is 0 Å². The highest BCUT2D eigenvalue weighted by molar-refractivity contribution is 7.80. The summed E-state index contributed by atoms with van der Waals surface area (Å²) in [6, 6.07) is 9.82. The van der Waals surface area contributed by atoms with E-state index in [2.05, 4.69) is 29.4 Å². The summed E-state index contributed by atoms with van der Waals surface area (Å²) in [6.45, 7) is 6.03. The standard InChI is InChI=1S/C21H25N3O3S/c1-14-9-15(2)19-16(10-14)11-17(20(25)23-19)12-24(13-18-5-4-7-27-18)21(28)22-6-8-26-3/h4-5,7,9-11H,6,8,12-13H2,1-3H3,(H,22,28)(H,23,25). The second-order valence-corrected chi connectivity index (χ2v) is 7.22. The van der Waals surface area contributed by atoms with E-state index in [0.29, 0.717) is 36.9 Å². The third-order valence-electron chi connectivity index (χ3n) is 4.53. The van der Waals surface area contributed by atoms with Gasteiger partial charge in [0.15, 0.2) is 5.11 Å². The number of H-pyrrole nitrogens is 1. The first-order valence-corrected chi connectivity index (χ1v) is 9.56. The summed E-state index contributed by atoms with van der Waals surface area (Å²) in [4.78, 5) is 17.6. The maximum atomic E-state index is 12.7. The molecule has 3 rings (SSSR count). The Morgan fingerprint density at radius 2 is 2.11 bits per heavy atom. The number of benzene rings is 1. The van der Waals surface area contributed by atoms with Crippen LogP contribution in [0.1, 0.15) is 22.5 Å². The van der Waals surface area contributed by atoms with Crippen LogP contribution in [0.3, 0.4) is 0 Å². The van der Waals surface area contributed by atoms with Crippen molar-refractivity contribution in [3.05, 3.63) is 69.4 Å². The molecule has 2 heterocycles. The SMILES string of the molecule is COCCNC(=S)N(Cc1ccco1)Cc1cc2cc(C)cc(C)c2[nH]c1=O. The first-order chi connectivity index (χ1) is 13.5. The molecule has 0 spiro atoms. The third-order valence-corrected chi connectivity index (χ3v) is 4.93. The minimum absolute atomic E-state index is 0.108. The summed E-state index contributed by atoms with van der Waals surface area (Å²) in [6.07, 6.45) is 1.63. The number of fused-ring (bicyclic) bond motifs is 1. The van der Waals surface area contributed by atoms with Crippen molar-refractivity contribution in [2.24, 2.45) is 0 Å². The van der Waals surface area contributed by atoms with Crippen LogP contribution in [0.15, 0.2) is 45.8 Å². The van der Waals surface area contributed by atoms with Crippen LogP contribution < -0.4 is 10.9 Å². The van der Waals surface area contributed by atoms with Crippen molar-refractivity contribution in [2.75, 3.05) is 20.3 Å². The van der Waals surface area contributed by atoms with Crippen LogP contribution >= 0.6 is 12.2 Å². The molecular weight excluding hydrogens is 374 g/mol. The third kappa shape index (κ3) is 4.79. The van der Waals surface area contributed by atoms with E-state index in [1.165, 1.54) is 0 Å². The van der Waals surface area contributed by atoms with Gasteiger partial charge < -0.3 is 24.4 Å². The number of aromatic amines is 1. The molecule has 0 bridgehead atoms. The van der Waals surface area contributed by atoms with Crippen molar-refractivity contribution >= 4 is 28.2 Å². The van der Waals surface area contributed by atoms with Crippen LogP contribution in [-0.2, 0) is 17.8 Å². The number of methoxy groups -OCH3 is 1. The molecule has 0 radical (unpaired) electrons. The zero-order chi connectivity index (χ0) is 20.1. The summed E-state index contributed by atoms with van der Waals surface area (Å²) >= 11 is 5.55. The predicted molar refractivity (Wildman–Crippen MR) is 114 cm³/mol. The van der Waals surface area contributed by atoms with Gasteiger partial charge >= 0.3 is 0 Å². The predicted octanol–water partition coefficient (Wildman–Crippen LogP) is 3.26. The van der Waals surface area contributed by atoms with Gasteiger partial charge in [-0.15, -0.1) is 0 Å². The number of thiocarbonyl (C=S) groups is 1. The van der Waals surface area contributed by atoms with Gasteiger partial charge in [-0.1, -0.05) is 11.6 Å². The molecule has 7 heteroatoms. The monoisotopic (exact) mass is 399 g/mol. The second-order valence-electron chi connectivity index (χ2n) is 6.83. The summed E-state index contributed by atoms with van der Waals surface area (Å²) in [5.74, 6) is 0.778. The first kappa shape index (κ1) is 20.1. The molecule has 0 atom stereocenters. The van der Waals surface area contributed by atoms with Gasteiger partial charge in [-0.3, -0.25) is 4.79 Å². The van der Waals surface area contributed by atoms with E-state index in [1.807, 2.05) is 30.0 Å². The minimum atomic E-state index is -0.108. The average Bonchev–Trinajstić information content (AvgIpc) is 3.15. The lowest BCUT2D eigenvalue weighted by Gasteiger charge is -2.25. The summed E-state index contributed by atoms with van der Waals surface area (Å²) in [7, 11) is 1.64. The Morgan fingerprint density at radius 1 is 1.29 bits per heavy atom. The van der Waals surface area contributed by atoms with Gasteiger partial charge in [0.1, 0.15) is 5.76 Å². The Kier molecular flexibility index (Phi) is 6.49. The fourth-order valence-electron chi connectivity index (χ4n) is 3.22. The number of hydrogen-bond donors (Lipinski definition) is 2. The lowest BCUT2D eigenvalue weighted by molar-refractivity contribution is 0.202. The Labute approximate surface area is 169 Å². The number of furan rings is 1. The van der Waals surface area contributed by atoms with E-state index in [-0.39, 0.29) is 5.56 Å². The molecule has 148 valence electrons. The lowest BCUT2D eigenvalue weighted by atomic mass is 10.1. The Bertz CT molecular complexity index is 1010. The molecule has 0 fully saturated rings. The molecule has 1 aromatic carbocycles. The van der Waals surface area contributed by atoms with Crippen molar-refractivity contribution < 1.29 is 9.15 Å². The topological polar surface area (TPSA) is 70.5 Å². The highest BCUT2D eigenvalue weighted by Gasteiger charge is 2.15. The molecule has 0 saturated carbocycles. The van der Waals surface area contributed by atoms with Gasteiger partial charge in [0.25, 0.3) is 5.56 Å². The van der Waals surface area contributed by atoms with Gasteiger partial charge in [0.2, 0.25) is 0 Å². The van der Waals surface area contributed by atoms with E-state index < -0.39 is 0 Å². The number of aryl methyl sites for hydroxylation is 2. The molecule has 3 aromatic rings. The van der Waals surface area contributed by atoms with Crippen LogP contribution in [0.4, 0.5) is 0 Å². The molecular formula is C21H25N3O3S. The number of nitrogens with one attached hydrogen (secondary N) is 2. The maximum absolute atomic E-state index is 12.7. The average molecular weight is 400 g/mol. The molecule has 0 amide bonds. The molecule has 0 aliphatic rings. The highest BCUT2D eigenvalue weighted by atomic mass is 32.1. The highest BCUT2D eigenvalue weighted by Crippen LogP contribution is 2.19. The Balaban J connectivity index is 1.89. The fraction of sp³-hybridized carbons (Fsp3) is 0.333. The van der Waals surface area contributed by atoms with E-state index in [1.54, 1.807) is 13.4 Å². The van der Waals surface area contributed by atoms with E-state index >= 15 is 0 Å². The van der Waals surface area contributed by atoms with E-state index in [9.17, 15) is 4.79 Å². The summed E-state index contributed by atoms with van der Waals surface area (Å²) in [5, 5.41) is 4.74. The van der Waals surface area contributed by atoms with Gasteiger partial charge in [0, 0.05) is 19.2 Å². The van der Waals surface area contributed by atoms with Gasteiger partial charge in [-0.05, 0) is 61.3 Å². The largest absolute Gasteiger partial charge is 0.467 e. The lowest BCUT2D eigenvalue weighted by Crippen LogP contribution is -2.41. The van der Waals surface area contributed by atoms with E-state index in [0.717, 1.165) is 27.8 Å². The molecule has 0 unspecified atom stereocenters. The molecule has 28 heavy (non-hydrogen) atoms. The molecule has 6 nitrogen and oxygen atoms in total. The van der Waals surface area contributed by atoms with Gasteiger partial charge in [-0.25, -0.2) is 0 Å². The van der Waals surface area contributed by atoms with Crippen molar-refractivity contribution in [3.8, 4) is 0 Å².